The van der Waals surface area contributed by atoms with E-state index in [2.05, 4.69) is 15.9 Å². The average Bonchev–Trinajstić information content (AvgIpc) is 3.05. The third-order valence-electron chi connectivity index (χ3n) is 4.38. The molecule has 4 rings (SSSR count). The molecule has 1 saturated heterocycles. The fourth-order valence-corrected chi connectivity index (χ4v) is 4.67. The van der Waals surface area contributed by atoms with Crippen molar-refractivity contribution in [3.05, 3.63) is 93.8 Å². The first-order chi connectivity index (χ1) is 15.1. The minimum absolute atomic E-state index is 0.129. The molecule has 3 aromatic rings. The van der Waals surface area contributed by atoms with Crippen LogP contribution < -0.4 is 14.4 Å². The van der Waals surface area contributed by atoms with Crippen molar-refractivity contribution < 1.29 is 14.3 Å². The van der Waals surface area contributed by atoms with Crippen LogP contribution in [0.15, 0.2) is 88.2 Å². The van der Waals surface area contributed by atoms with E-state index in [-0.39, 0.29) is 5.91 Å². The number of halogens is 1. The number of hydrogen-bond acceptors (Lipinski definition) is 5. The summed E-state index contributed by atoms with van der Waals surface area (Å²) in [6.07, 6.45) is 1.84. The molecule has 0 atom stereocenters. The highest BCUT2D eigenvalue weighted by Crippen LogP contribution is 2.37. The zero-order valence-corrected chi connectivity index (χ0v) is 19.6. The zero-order chi connectivity index (χ0) is 21.6. The first-order valence-electron chi connectivity index (χ1n) is 9.54. The van der Waals surface area contributed by atoms with Gasteiger partial charge in [-0.25, -0.2) is 0 Å². The summed E-state index contributed by atoms with van der Waals surface area (Å²) in [7, 11) is 0. The number of para-hydroxylation sites is 1. The van der Waals surface area contributed by atoms with Gasteiger partial charge in [0.15, 0.2) is 4.32 Å². The Morgan fingerprint density at radius 3 is 2.39 bits per heavy atom. The normalized spacial score (nSPS) is 14.9. The summed E-state index contributed by atoms with van der Waals surface area (Å²) in [5.41, 5.74) is 1.62. The lowest BCUT2D eigenvalue weighted by Gasteiger charge is -2.14. The molecule has 156 valence electrons. The smallest absolute Gasteiger partial charge is 0.270 e. The van der Waals surface area contributed by atoms with E-state index in [1.807, 2.05) is 84.9 Å². The van der Waals surface area contributed by atoms with Crippen molar-refractivity contribution in [1.82, 2.24) is 0 Å². The van der Waals surface area contributed by atoms with Crippen LogP contribution in [0.1, 0.15) is 5.56 Å². The lowest BCUT2D eigenvalue weighted by atomic mass is 10.2. The summed E-state index contributed by atoms with van der Waals surface area (Å²) < 4.78 is 12.8. The molecule has 0 bridgehead atoms. The zero-order valence-electron chi connectivity index (χ0n) is 16.4. The average molecular weight is 512 g/mol. The highest BCUT2D eigenvalue weighted by Gasteiger charge is 2.33. The monoisotopic (exact) mass is 511 g/mol. The highest BCUT2D eigenvalue weighted by molar-refractivity contribution is 9.10. The molecule has 0 aliphatic carbocycles. The highest BCUT2D eigenvalue weighted by atomic mass is 79.9. The van der Waals surface area contributed by atoms with Crippen molar-refractivity contribution in [3.8, 4) is 11.5 Å². The summed E-state index contributed by atoms with van der Waals surface area (Å²) in [5, 5.41) is 0. The van der Waals surface area contributed by atoms with Crippen LogP contribution in [0.5, 0.6) is 11.5 Å². The molecule has 0 radical (unpaired) electrons. The number of rotatable bonds is 7. The number of nitrogens with zero attached hydrogens (tertiary/aromatic N) is 1. The molecule has 1 aliphatic rings. The van der Waals surface area contributed by atoms with E-state index < -0.39 is 0 Å². The quantitative estimate of drug-likeness (QED) is 0.211. The second-order valence-corrected chi connectivity index (χ2v) is 9.17. The molecule has 0 aromatic heterocycles. The number of anilines is 1. The van der Waals surface area contributed by atoms with E-state index >= 15 is 0 Å². The number of amides is 1. The number of thioether (sulfide) groups is 1. The van der Waals surface area contributed by atoms with Crippen LogP contribution in [0.3, 0.4) is 0 Å². The Balaban J connectivity index is 1.41. The third-order valence-corrected chi connectivity index (χ3v) is 6.18. The number of carbonyl (C=O) groups excluding carboxylic acids is 1. The molecule has 0 saturated carbocycles. The molecule has 0 spiro atoms. The van der Waals surface area contributed by atoms with Gasteiger partial charge < -0.3 is 9.47 Å². The Labute approximate surface area is 199 Å². The number of hydrogen-bond donors (Lipinski definition) is 0. The predicted octanol–water partition coefficient (Wildman–Crippen LogP) is 6.31. The maximum atomic E-state index is 12.9. The Hall–Kier alpha value is -2.61. The van der Waals surface area contributed by atoms with E-state index in [4.69, 9.17) is 21.7 Å². The van der Waals surface area contributed by atoms with Gasteiger partial charge in [0.25, 0.3) is 5.91 Å². The summed E-state index contributed by atoms with van der Waals surface area (Å²) >= 11 is 10.2. The van der Waals surface area contributed by atoms with Gasteiger partial charge in [-0.15, -0.1) is 0 Å². The summed E-state index contributed by atoms with van der Waals surface area (Å²) in [4.78, 5) is 15.1. The lowest BCUT2D eigenvalue weighted by Crippen LogP contribution is -2.27. The van der Waals surface area contributed by atoms with Crippen molar-refractivity contribution in [2.45, 2.75) is 0 Å². The molecule has 1 amide bonds. The topological polar surface area (TPSA) is 38.8 Å². The van der Waals surface area contributed by atoms with Gasteiger partial charge in [-0.3, -0.25) is 9.69 Å². The Morgan fingerprint density at radius 1 is 0.903 bits per heavy atom. The minimum Gasteiger partial charge on any atom is -0.490 e. The van der Waals surface area contributed by atoms with Crippen molar-refractivity contribution in [2.24, 2.45) is 0 Å². The van der Waals surface area contributed by atoms with Crippen LogP contribution in [0.2, 0.25) is 0 Å². The molecule has 31 heavy (non-hydrogen) atoms. The van der Waals surface area contributed by atoms with Crippen LogP contribution in [0.4, 0.5) is 5.69 Å². The van der Waals surface area contributed by atoms with Crippen LogP contribution in [0, 0.1) is 0 Å². The lowest BCUT2D eigenvalue weighted by molar-refractivity contribution is -0.113. The Bertz CT molecular complexity index is 1130. The second kappa shape index (κ2) is 10.1. The minimum atomic E-state index is -0.129. The molecule has 1 fully saturated rings. The summed E-state index contributed by atoms with van der Waals surface area (Å²) in [6.45, 7) is 0.864. The fraction of sp³-hybridized carbons (Fsp3) is 0.0833. The van der Waals surface area contributed by atoms with E-state index in [0.717, 1.165) is 21.5 Å². The summed E-state index contributed by atoms with van der Waals surface area (Å²) in [6, 6.07) is 24.8. The molecule has 4 nitrogen and oxygen atoms in total. The van der Waals surface area contributed by atoms with Crippen molar-refractivity contribution in [1.29, 1.82) is 0 Å². The van der Waals surface area contributed by atoms with Gasteiger partial charge in [0.2, 0.25) is 0 Å². The van der Waals surface area contributed by atoms with E-state index in [1.165, 1.54) is 11.8 Å². The van der Waals surface area contributed by atoms with Crippen LogP contribution >= 0.6 is 39.9 Å². The largest absolute Gasteiger partial charge is 0.490 e. The molecule has 7 heteroatoms. The van der Waals surface area contributed by atoms with E-state index in [0.29, 0.717) is 28.2 Å². The molecular weight excluding hydrogens is 494 g/mol. The molecule has 1 aliphatic heterocycles. The van der Waals surface area contributed by atoms with Gasteiger partial charge in [-0.05, 0) is 54.1 Å². The van der Waals surface area contributed by atoms with Gasteiger partial charge in [-0.2, -0.15) is 0 Å². The number of thiocarbonyl (C=S) groups is 1. The molecule has 3 aromatic carbocycles. The number of carbonyl (C=O) groups is 1. The van der Waals surface area contributed by atoms with Gasteiger partial charge >= 0.3 is 0 Å². The second-order valence-electron chi connectivity index (χ2n) is 6.58. The van der Waals surface area contributed by atoms with Crippen molar-refractivity contribution in [2.75, 3.05) is 18.1 Å². The van der Waals surface area contributed by atoms with Crippen molar-refractivity contribution in [3.63, 3.8) is 0 Å². The van der Waals surface area contributed by atoms with Crippen LogP contribution in [0.25, 0.3) is 6.08 Å². The van der Waals surface area contributed by atoms with E-state index in [1.54, 1.807) is 4.90 Å². The predicted molar refractivity (Wildman–Crippen MR) is 134 cm³/mol. The van der Waals surface area contributed by atoms with Gasteiger partial charge in [-0.1, -0.05) is 76.3 Å². The standard InChI is InChI=1S/C24H18BrNO3S2/c25-18-7-5-8-19(16-18)26-23(27)22(31-24(26)30)15-17-6-4-11-21(14-17)29-13-12-28-20-9-2-1-3-10-20/h1-11,14-16H,12-13H2. The molecule has 0 N–H and O–H groups in total. The maximum Gasteiger partial charge on any atom is 0.270 e. The Kier molecular flexibility index (Phi) is 7.06. The molecular formula is C24H18BrNO3S2. The Morgan fingerprint density at radius 2 is 1.61 bits per heavy atom. The molecule has 0 unspecified atom stereocenters. The number of ether oxygens (including phenoxy) is 2. The SMILES string of the molecule is O=C1C(=Cc2cccc(OCCOc3ccccc3)c2)SC(=S)N1c1cccc(Br)c1. The van der Waals surface area contributed by atoms with Gasteiger partial charge in [0.05, 0.1) is 10.6 Å². The number of benzene rings is 3. The van der Waals surface area contributed by atoms with E-state index in [9.17, 15) is 4.79 Å². The van der Waals surface area contributed by atoms with Crippen LogP contribution in [-0.4, -0.2) is 23.4 Å². The van der Waals surface area contributed by atoms with Crippen molar-refractivity contribution >= 4 is 61.9 Å². The van der Waals surface area contributed by atoms with Gasteiger partial charge in [0, 0.05) is 4.47 Å². The first-order valence-corrected chi connectivity index (χ1v) is 11.6. The third kappa shape index (κ3) is 5.55. The fourth-order valence-electron chi connectivity index (χ4n) is 2.99. The first kappa shape index (κ1) is 21.6. The maximum absolute atomic E-state index is 12.9. The van der Waals surface area contributed by atoms with Gasteiger partial charge in [0.1, 0.15) is 24.7 Å². The summed E-state index contributed by atoms with van der Waals surface area (Å²) in [5.74, 6) is 1.40. The molecule has 1 heterocycles. The van der Waals surface area contributed by atoms with Crippen LogP contribution in [-0.2, 0) is 4.79 Å².